The van der Waals surface area contributed by atoms with Crippen molar-refractivity contribution in [2.45, 2.75) is 43.7 Å². The molecule has 0 aromatic heterocycles. The monoisotopic (exact) mass is 379 g/mol. The van der Waals surface area contributed by atoms with Crippen molar-refractivity contribution < 1.29 is 13.9 Å². The number of halogens is 1. The topological polar surface area (TPSA) is 53.9 Å². The smallest absolute Gasteiger partial charge is 0.268 e. The fourth-order valence-electron chi connectivity index (χ4n) is 4.50. The summed E-state index contributed by atoms with van der Waals surface area (Å²) < 4.78 is 19.8. The molecule has 3 aliphatic rings. The Kier molecular flexibility index (Phi) is 4.26. The Morgan fingerprint density at radius 2 is 1.93 bits per heavy atom. The van der Waals surface area contributed by atoms with E-state index in [0.29, 0.717) is 23.8 Å². The summed E-state index contributed by atoms with van der Waals surface area (Å²) in [4.78, 5) is 13.1. The van der Waals surface area contributed by atoms with Crippen molar-refractivity contribution in [3.63, 3.8) is 0 Å². The van der Waals surface area contributed by atoms with Gasteiger partial charge in [0.05, 0.1) is 12.0 Å². The largest absolute Gasteiger partial charge is 0.489 e. The molecule has 5 nitrogen and oxygen atoms in total. The molecule has 2 aliphatic heterocycles. The van der Waals surface area contributed by atoms with Gasteiger partial charge in [0, 0.05) is 12.1 Å². The molecule has 5 rings (SSSR count). The molecule has 2 aromatic carbocycles. The van der Waals surface area contributed by atoms with E-state index in [4.69, 9.17) is 4.74 Å². The summed E-state index contributed by atoms with van der Waals surface area (Å²) in [6.07, 6.45) is 4.32. The summed E-state index contributed by atoms with van der Waals surface area (Å²) in [5, 5.41) is 9.60. The number of carbonyl (C=O) groups is 1. The van der Waals surface area contributed by atoms with E-state index >= 15 is 0 Å². The normalized spacial score (nSPS) is 23.6. The van der Waals surface area contributed by atoms with Crippen LogP contribution in [0, 0.1) is 5.82 Å². The highest BCUT2D eigenvalue weighted by Crippen LogP contribution is 2.43. The van der Waals surface area contributed by atoms with E-state index in [1.807, 2.05) is 30.3 Å². The average Bonchev–Trinajstić information content (AvgIpc) is 3.36. The van der Waals surface area contributed by atoms with Crippen LogP contribution in [0.2, 0.25) is 0 Å². The van der Waals surface area contributed by atoms with Gasteiger partial charge in [0.25, 0.3) is 5.91 Å². The molecule has 0 saturated heterocycles. The Morgan fingerprint density at radius 3 is 2.71 bits per heavy atom. The predicted octanol–water partition coefficient (Wildman–Crippen LogP) is 3.61. The Morgan fingerprint density at radius 1 is 1.14 bits per heavy atom. The first-order chi connectivity index (χ1) is 13.7. The Hall–Kier alpha value is -2.89. The number of nitrogens with zero attached hydrogens (tertiary/aromatic N) is 2. The van der Waals surface area contributed by atoms with Gasteiger partial charge in [-0.05, 0) is 30.5 Å². The summed E-state index contributed by atoms with van der Waals surface area (Å²) in [7, 11) is 0. The number of hydrazone groups is 1. The number of carbonyl (C=O) groups excluding carboxylic acids is 1. The maximum atomic E-state index is 13.9. The summed E-state index contributed by atoms with van der Waals surface area (Å²) in [5.74, 6) is -0.115. The number of anilines is 1. The van der Waals surface area contributed by atoms with Crippen LogP contribution in [0.3, 0.4) is 0 Å². The fraction of sp³-hybridized carbons (Fsp3) is 0.364. The minimum atomic E-state index is -0.349. The third-order valence-corrected chi connectivity index (χ3v) is 5.87. The standard InChI is InChI=1S/C22H22FN3O2/c23-15-10-11-19-17(12-15)26-18(13-28-19)20(14-6-2-1-3-7-14)21(25-26)22(27)24-16-8-4-5-9-16/h1-3,6-7,10-12,16,18,20H,4-5,8-9,13H2,(H,24,27)/t18?,20-/m1/s1. The van der Waals surface area contributed by atoms with Crippen molar-refractivity contribution in [3.05, 3.63) is 59.9 Å². The Labute approximate surface area is 163 Å². The van der Waals surface area contributed by atoms with E-state index in [1.54, 1.807) is 11.1 Å². The van der Waals surface area contributed by atoms with Crippen molar-refractivity contribution >= 4 is 17.3 Å². The van der Waals surface area contributed by atoms with Crippen molar-refractivity contribution in [2.24, 2.45) is 5.10 Å². The molecule has 28 heavy (non-hydrogen) atoms. The molecule has 0 spiro atoms. The number of hydrogen-bond donors (Lipinski definition) is 1. The third kappa shape index (κ3) is 2.93. The Balaban J connectivity index is 1.53. The number of ether oxygens (including phenoxy) is 1. The van der Waals surface area contributed by atoms with E-state index in [0.717, 1.165) is 31.2 Å². The maximum absolute atomic E-state index is 13.9. The van der Waals surface area contributed by atoms with E-state index in [9.17, 15) is 9.18 Å². The van der Waals surface area contributed by atoms with Gasteiger partial charge in [0.1, 0.15) is 29.6 Å². The van der Waals surface area contributed by atoms with Crippen molar-refractivity contribution in [2.75, 3.05) is 11.6 Å². The summed E-state index contributed by atoms with van der Waals surface area (Å²) in [6, 6.07) is 14.3. The van der Waals surface area contributed by atoms with Crippen molar-refractivity contribution in [1.82, 2.24) is 5.32 Å². The Bertz CT molecular complexity index is 925. The van der Waals surface area contributed by atoms with Crippen LogP contribution >= 0.6 is 0 Å². The molecule has 6 heteroatoms. The first-order valence-electron chi connectivity index (χ1n) is 9.86. The van der Waals surface area contributed by atoms with E-state index in [-0.39, 0.29) is 29.7 Å². The third-order valence-electron chi connectivity index (χ3n) is 5.87. The van der Waals surface area contributed by atoms with Gasteiger partial charge in [-0.25, -0.2) is 4.39 Å². The fourth-order valence-corrected chi connectivity index (χ4v) is 4.50. The lowest BCUT2D eigenvalue weighted by Crippen LogP contribution is -2.43. The minimum Gasteiger partial charge on any atom is -0.489 e. The zero-order valence-electron chi connectivity index (χ0n) is 15.5. The van der Waals surface area contributed by atoms with Crippen LogP contribution in [-0.2, 0) is 4.79 Å². The highest BCUT2D eigenvalue weighted by molar-refractivity contribution is 6.42. The SMILES string of the molecule is O=C(NC1CCCC1)C1=NN2c3cc(F)ccc3OCC2[C@H]1c1ccccc1. The molecule has 1 unspecified atom stereocenters. The number of nitrogens with one attached hydrogen (secondary N) is 1. The van der Waals surface area contributed by atoms with Crippen LogP contribution in [0.1, 0.15) is 37.2 Å². The van der Waals surface area contributed by atoms with Gasteiger partial charge in [-0.3, -0.25) is 9.80 Å². The van der Waals surface area contributed by atoms with Crippen LogP contribution in [0.25, 0.3) is 0 Å². The summed E-state index contributed by atoms with van der Waals surface area (Å²) >= 11 is 0. The van der Waals surface area contributed by atoms with Gasteiger partial charge < -0.3 is 10.1 Å². The number of hydrogen-bond acceptors (Lipinski definition) is 4. The van der Waals surface area contributed by atoms with E-state index < -0.39 is 0 Å². The van der Waals surface area contributed by atoms with Crippen LogP contribution in [-0.4, -0.2) is 30.3 Å². The molecule has 2 atom stereocenters. The highest BCUT2D eigenvalue weighted by Gasteiger charge is 2.45. The second-order valence-electron chi connectivity index (χ2n) is 7.66. The molecule has 0 bridgehead atoms. The summed E-state index contributed by atoms with van der Waals surface area (Å²) in [6.45, 7) is 0.391. The summed E-state index contributed by atoms with van der Waals surface area (Å²) in [5.41, 5.74) is 2.06. The lowest BCUT2D eigenvalue weighted by Gasteiger charge is -2.33. The number of rotatable bonds is 3. The van der Waals surface area contributed by atoms with Gasteiger partial charge in [-0.1, -0.05) is 43.2 Å². The molecule has 1 N–H and O–H groups in total. The van der Waals surface area contributed by atoms with E-state index in [2.05, 4.69) is 10.4 Å². The van der Waals surface area contributed by atoms with Crippen molar-refractivity contribution in [1.29, 1.82) is 0 Å². The number of benzene rings is 2. The molecule has 0 radical (unpaired) electrons. The molecule has 1 aliphatic carbocycles. The molecule has 2 aromatic rings. The maximum Gasteiger partial charge on any atom is 0.268 e. The highest BCUT2D eigenvalue weighted by atomic mass is 19.1. The number of amides is 1. The van der Waals surface area contributed by atoms with Gasteiger partial charge >= 0.3 is 0 Å². The number of fused-ring (bicyclic) bond motifs is 3. The first-order valence-corrected chi connectivity index (χ1v) is 9.86. The van der Waals surface area contributed by atoms with Gasteiger partial charge in [-0.15, -0.1) is 0 Å². The molecule has 1 fully saturated rings. The molecule has 2 heterocycles. The second kappa shape index (κ2) is 6.93. The van der Waals surface area contributed by atoms with Crippen LogP contribution in [0.4, 0.5) is 10.1 Å². The van der Waals surface area contributed by atoms with Crippen LogP contribution < -0.4 is 15.1 Å². The minimum absolute atomic E-state index is 0.131. The second-order valence-corrected chi connectivity index (χ2v) is 7.66. The quantitative estimate of drug-likeness (QED) is 0.887. The van der Waals surface area contributed by atoms with E-state index in [1.165, 1.54) is 12.1 Å². The molecule has 1 saturated carbocycles. The predicted molar refractivity (Wildman–Crippen MR) is 105 cm³/mol. The van der Waals surface area contributed by atoms with Crippen LogP contribution in [0.15, 0.2) is 53.6 Å². The zero-order valence-corrected chi connectivity index (χ0v) is 15.5. The van der Waals surface area contributed by atoms with Gasteiger partial charge in [0.2, 0.25) is 0 Å². The first kappa shape index (κ1) is 17.2. The van der Waals surface area contributed by atoms with Gasteiger partial charge in [0.15, 0.2) is 0 Å². The lowest BCUT2D eigenvalue weighted by atomic mass is 9.87. The lowest BCUT2D eigenvalue weighted by molar-refractivity contribution is -0.115. The molecule has 144 valence electrons. The van der Waals surface area contributed by atoms with Crippen LogP contribution in [0.5, 0.6) is 5.75 Å². The molecule has 1 amide bonds. The average molecular weight is 379 g/mol. The molecular formula is C22H22FN3O2. The van der Waals surface area contributed by atoms with Gasteiger partial charge in [-0.2, -0.15) is 5.10 Å². The zero-order chi connectivity index (χ0) is 19.1. The molecular weight excluding hydrogens is 357 g/mol. The van der Waals surface area contributed by atoms with Crippen molar-refractivity contribution in [3.8, 4) is 5.75 Å².